The minimum Gasteiger partial charge on any atom is -0.493 e. The summed E-state index contributed by atoms with van der Waals surface area (Å²) in [6.07, 6.45) is 0.888. The lowest BCUT2D eigenvalue weighted by molar-refractivity contribution is -0.143. The van der Waals surface area contributed by atoms with Gasteiger partial charge in [-0.1, -0.05) is 23.7 Å². The normalized spacial score (nSPS) is 21.7. The van der Waals surface area contributed by atoms with Gasteiger partial charge in [0, 0.05) is 34.3 Å². The number of halogens is 1. The lowest BCUT2D eigenvalue weighted by Crippen LogP contribution is -2.37. The fraction of sp³-hybridized carbons (Fsp3) is 0.370. The van der Waals surface area contributed by atoms with Crippen LogP contribution >= 0.6 is 11.6 Å². The molecule has 0 bridgehead atoms. The number of Topliss-reactive ketones (excluding diaryl/α,β-unsaturated/α-hetero) is 1. The van der Waals surface area contributed by atoms with Gasteiger partial charge in [0.25, 0.3) is 0 Å². The Morgan fingerprint density at radius 1 is 0.943 bits per heavy atom. The third kappa shape index (κ3) is 4.52. The maximum Gasteiger partial charge on any atom is 0.315 e. The van der Waals surface area contributed by atoms with E-state index in [1.54, 1.807) is 19.1 Å². The Labute approximate surface area is 209 Å². The summed E-state index contributed by atoms with van der Waals surface area (Å²) >= 11 is 6.06. The Balaban J connectivity index is 1.87. The van der Waals surface area contributed by atoms with Crippen molar-refractivity contribution in [3.05, 3.63) is 63.8 Å². The van der Waals surface area contributed by atoms with Gasteiger partial charge in [-0.2, -0.15) is 0 Å². The van der Waals surface area contributed by atoms with E-state index in [2.05, 4.69) is 0 Å². The second-order valence-electron chi connectivity index (χ2n) is 8.63. The lowest BCUT2D eigenvalue weighted by Gasteiger charge is -2.36. The van der Waals surface area contributed by atoms with Crippen molar-refractivity contribution in [1.29, 1.82) is 0 Å². The predicted molar refractivity (Wildman–Crippen MR) is 133 cm³/mol. The maximum absolute atomic E-state index is 13.7. The Hall–Kier alpha value is -3.32. The molecular formula is C27H28ClNO6. The number of ketones is 1. The topological polar surface area (TPSA) is 83.4 Å². The van der Waals surface area contributed by atoms with Gasteiger partial charge in [0.05, 0.1) is 28.4 Å². The monoisotopic (exact) mass is 497 g/mol. The molecule has 0 aromatic heterocycles. The molecule has 7 nitrogen and oxygen atoms in total. The van der Waals surface area contributed by atoms with Gasteiger partial charge in [-0.05, 0) is 54.7 Å². The van der Waals surface area contributed by atoms with Crippen LogP contribution in [-0.2, 0) is 14.3 Å². The van der Waals surface area contributed by atoms with Crippen LogP contribution in [0.3, 0.4) is 0 Å². The molecule has 2 aromatic rings. The summed E-state index contributed by atoms with van der Waals surface area (Å²) < 4.78 is 21.7. The molecule has 2 aromatic carbocycles. The number of methoxy groups -OCH3 is 4. The van der Waals surface area contributed by atoms with Crippen molar-refractivity contribution in [3.63, 3.8) is 0 Å². The van der Waals surface area contributed by atoms with Crippen molar-refractivity contribution in [2.75, 3.05) is 28.4 Å². The third-order valence-corrected chi connectivity index (χ3v) is 6.98. The molecular weight excluding hydrogens is 470 g/mol. The van der Waals surface area contributed by atoms with Crippen LogP contribution in [0.15, 0.2) is 52.7 Å². The average Bonchev–Trinajstić information content (AvgIpc) is 2.86. The van der Waals surface area contributed by atoms with Crippen LogP contribution in [0.4, 0.5) is 0 Å². The fourth-order valence-electron chi connectivity index (χ4n) is 5.10. The summed E-state index contributed by atoms with van der Waals surface area (Å²) in [5.41, 5.74) is 3.54. The number of aliphatic imine (C=N–C) groups is 1. The molecule has 3 atom stereocenters. The molecule has 0 N–H and O–H groups in total. The molecule has 0 saturated heterocycles. The molecule has 0 amide bonds. The molecule has 4 rings (SSSR count). The molecule has 1 aliphatic heterocycles. The van der Waals surface area contributed by atoms with Crippen molar-refractivity contribution < 1.29 is 28.5 Å². The van der Waals surface area contributed by atoms with Gasteiger partial charge >= 0.3 is 5.97 Å². The summed E-state index contributed by atoms with van der Waals surface area (Å²) in [7, 11) is 5.92. The largest absolute Gasteiger partial charge is 0.493 e. The van der Waals surface area contributed by atoms with Gasteiger partial charge in [0.15, 0.2) is 17.3 Å². The van der Waals surface area contributed by atoms with Crippen LogP contribution in [0, 0.1) is 5.92 Å². The summed E-state index contributed by atoms with van der Waals surface area (Å²) in [4.78, 5) is 31.4. The molecule has 0 fully saturated rings. The van der Waals surface area contributed by atoms with Gasteiger partial charge in [-0.25, -0.2) is 0 Å². The third-order valence-electron chi connectivity index (χ3n) is 6.73. The van der Waals surface area contributed by atoms with Crippen molar-refractivity contribution in [2.45, 2.75) is 31.6 Å². The Kier molecular flexibility index (Phi) is 7.17. The molecule has 1 unspecified atom stereocenters. The smallest absolute Gasteiger partial charge is 0.315 e. The molecule has 2 aliphatic rings. The van der Waals surface area contributed by atoms with E-state index in [0.29, 0.717) is 57.7 Å². The molecule has 1 heterocycles. The minimum absolute atomic E-state index is 0.0228. The Morgan fingerprint density at radius 2 is 1.57 bits per heavy atom. The molecule has 184 valence electrons. The van der Waals surface area contributed by atoms with Gasteiger partial charge in [0.1, 0.15) is 5.92 Å². The molecule has 0 saturated carbocycles. The van der Waals surface area contributed by atoms with Crippen LogP contribution < -0.4 is 14.2 Å². The Bertz CT molecular complexity index is 1190. The maximum atomic E-state index is 13.7. The number of benzene rings is 2. The first kappa shape index (κ1) is 24.8. The highest BCUT2D eigenvalue weighted by atomic mass is 35.5. The molecule has 0 radical (unpaired) electrons. The van der Waals surface area contributed by atoms with Crippen molar-refractivity contribution in [2.24, 2.45) is 10.9 Å². The summed E-state index contributed by atoms with van der Waals surface area (Å²) in [5.74, 6) is -0.559. The van der Waals surface area contributed by atoms with Gasteiger partial charge < -0.3 is 18.9 Å². The number of ether oxygens (including phenoxy) is 4. The van der Waals surface area contributed by atoms with E-state index in [-0.39, 0.29) is 11.7 Å². The second-order valence-corrected chi connectivity index (χ2v) is 9.07. The summed E-state index contributed by atoms with van der Waals surface area (Å²) in [6.45, 7) is 1.80. The van der Waals surface area contributed by atoms with E-state index < -0.39 is 17.8 Å². The number of hydrogen-bond donors (Lipinski definition) is 0. The number of carbonyl (C=O) groups is 2. The van der Waals surface area contributed by atoms with Crippen LogP contribution in [-0.4, -0.2) is 45.9 Å². The van der Waals surface area contributed by atoms with Gasteiger partial charge in [-0.15, -0.1) is 0 Å². The molecule has 8 heteroatoms. The number of allylic oxidation sites excluding steroid dienone is 2. The lowest BCUT2D eigenvalue weighted by atomic mass is 9.69. The molecule has 0 spiro atoms. The summed E-state index contributed by atoms with van der Waals surface area (Å²) in [6, 6.07) is 11.1. The van der Waals surface area contributed by atoms with E-state index in [0.717, 1.165) is 5.56 Å². The van der Waals surface area contributed by atoms with Crippen molar-refractivity contribution in [3.8, 4) is 17.2 Å². The Morgan fingerprint density at radius 3 is 2.11 bits per heavy atom. The predicted octanol–water partition coefficient (Wildman–Crippen LogP) is 5.11. The SMILES string of the molecule is COC(=O)C1C(C)=NC2=C(C(=O)C[C@H](c3ccc(Cl)cc3)C2)[C@@H]1c1cc(OC)c(OC)c(OC)c1. The van der Waals surface area contributed by atoms with Crippen molar-refractivity contribution in [1.82, 2.24) is 0 Å². The van der Waals surface area contributed by atoms with Crippen LogP contribution in [0.2, 0.25) is 5.02 Å². The molecule has 1 aliphatic carbocycles. The fourth-order valence-corrected chi connectivity index (χ4v) is 5.23. The van der Waals surface area contributed by atoms with E-state index >= 15 is 0 Å². The van der Waals surface area contributed by atoms with E-state index in [1.807, 2.05) is 24.3 Å². The van der Waals surface area contributed by atoms with Crippen LogP contribution in [0.5, 0.6) is 17.2 Å². The zero-order valence-corrected chi connectivity index (χ0v) is 21.1. The number of esters is 1. The van der Waals surface area contributed by atoms with E-state index in [1.165, 1.54) is 28.4 Å². The number of hydrogen-bond acceptors (Lipinski definition) is 7. The number of carbonyl (C=O) groups excluding carboxylic acids is 2. The first-order valence-electron chi connectivity index (χ1n) is 11.3. The highest BCUT2D eigenvalue weighted by Gasteiger charge is 2.45. The average molecular weight is 498 g/mol. The number of nitrogens with zero attached hydrogens (tertiary/aromatic N) is 1. The number of rotatable bonds is 6. The second kappa shape index (κ2) is 10.1. The van der Waals surface area contributed by atoms with Crippen LogP contribution in [0.25, 0.3) is 0 Å². The van der Waals surface area contributed by atoms with Crippen LogP contribution in [0.1, 0.15) is 42.7 Å². The van der Waals surface area contributed by atoms with E-state index in [9.17, 15) is 9.59 Å². The minimum atomic E-state index is -0.752. The zero-order chi connectivity index (χ0) is 25.3. The zero-order valence-electron chi connectivity index (χ0n) is 20.4. The van der Waals surface area contributed by atoms with Gasteiger partial charge in [0.2, 0.25) is 5.75 Å². The first-order valence-corrected chi connectivity index (χ1v) is 11.6. The highest BCUT2D eigenvalue weighted by Crippen LogP contribution is 2.49. The first-order chi connectivity index (χ1) is 16.8. The summed E-state index contributed by atoms with van der Waals surface area (Å²) in [5, 5.41) is 0.644. The van der Waals surface area contributed by atoms with Gasteiger partial charge in [-0.3, -0.25) is 14.6 Å². The van der Waals surface area contributed by atoms with Crippen molar-refractivity contribution >= 4 is 29.1 Å². The molecule has 35 heavy (non-hydrogen) atoms. The standard InChI is InChI=1S/C27H28ClNO6/c1-14-23(27(31)35-5)24(17-12-21(32-2)26(34-4)22(13-17)33-3)25-19(29-14)10-16(11-20(25)30)15-6-8-18(28)9-7-15/h6-9,12-13,16,23-24H,10-11H2,1-5H3/t16-,23?,24-/m1/s1. The van der Waals surface area contributed by atoms with E-state index in [4.69, 9.17) is 35.5 Å². The highest BCUT2D eigenvalue weighted by molar-refractivity contribution is 6.30. The quantitative estimate of drug-likeness (QED) is 0.515.